The molecular weight excluding hydrogens is 400 g/mol. The predicted octanol–water partition coefficient (Wildman–Crippen LogP) is 7.16. The molecular formula is C31H35N2+. The van der Waals surface area contributed by atoms with E-state index in [9.17, 15) is 0 Å². The van der Waals surface area contributed by atoms with Crippen LogP contribution < -0.4 is 4.57 Å². The fourth-order valence-electron chi connectivity index (χ4n) is 7.15. The molecule has 1 aromatic heterocycles. The summed E-state index contributed by atoms with van der Waals surface area (Å²) in [5.41, 5.74) is 12.3. The van der Waals surface area contributed by atoms with E-state index in [1.54, 1.807) is 0 Å². The lowest BCUT2D eigenvalue weighted by atomic mass is 9.77. The van der Waals surface area contributed by atoms with Gasteiger partial charge in [-0.05, 0) is 74.6 Å². The minimum absolute atomic E-state index is 0.000602. The van der Waals surface area contributed by atoms with Gasteiger partial charge in [0.15, 0.2) is 11.7 Å². The first-order chi connectivity index (χ1) is 15.7. The quantitative estimate of drug-likeness (QED) is 0.307. The monoisotopic (exact) mass is 435 g/mol. The maximum absolute atomic E-state index is 5.17. The molecule has 0 bridgehead atoms. The van der Waals surface area contributed by atoms with Crippen LogP contribution >= 0.6 is 0 Å². The largest absolute Gasteiger partial charge is 0.240 e. The van der Waals surface area contributed by atoms with Crippen molar-refractivity contribution in [2.75, 3.05) is 0 Å². The average Bonchev–Trinajstić information content (AvgIpc) is 3.31. The second-order valence-corrected chi connectivity index (χ2v) is 10.2. The van der Waals surface area contributed by atoms with Crippen LogP contribution in [-0.4, -0.2) is 4.98 Å². The summed E-state index contributed by atoms with van der Waals surface area (Å²) >= 11 is 0. The Kier molecular flexibility index (Phi) is 4.79. The molecule has 0 saturated heterocycles. The van der Waals surface area contributed by atoms with Crippen LogP contribution in [0.1, 0.15) is 60.2 Å². The molecule has 1 aliphatic carbocycles. The molecule has 168 valence electrons. The highest BCUT2D eigenvalue weighted by Gasteiger charge is 2.83. The molecule has 5 rings (SSSR count). The number of allylic oxidation sites excluding steroid dienone is 1. The maximum atomic E-state index is 5.17. The Morgan fingerprint density at radius 1 is 1.03 bits per heavy atom. The first-order valence-electron chi connectivity index (χ1n) is 12.2. The normalized spacial score (nSPS) is 24.5. The molecule has 1 saturated carbocycles. The molecule has 3 aromatic rings. The topological polar surface area (TPSA) is 16.8 Å². The van der Waals surface area contributed by atoms with Crippen molar-refractivity contribution in [3.63, 3.8) is 0 Å². The molecule has 0 spiro atoms. The summed E-state index contributed by atoms with van der Waals surface area (Å²) < 4.78 is 2.59. The molecule has 2 aromatic carbocycles. The zero-order valence-corrected chi connectivity index (χ0v) is 20.9. The van der Waals surface area contributed by atoms with Crippen LogP contribution in [0.25, 0.3) is 28.6 Å². The Morgan fingerprint density at radius 2 is 1.76 bits per heavy atom. The first kappa shape index (κ1) is 21.8. The van der Waals surface area contributed by atoms with E-state index in [0.717, 1.165) is 35.4 Å². The van der Waals surface area contributed by atoms with Crippen LogP contribution in [0.5, 0.6) is 0 Å². The highest BCUT2D eigenvalue weighted by molar-refractivity contribution is 5.75. The van der Waals surface area contributed by atoms with Crippen molar-refractivity contribution in [2.24, 2.45) is 5.92 Å². The van der Waals surface area contributed by atoms with Crippen LogP contribution in [0.15, 0.2) is 55.8 Å². The zero-order valence-electron chi connectivity index (χ0n) is 20.9. The minimum atomic E-state index is -0.0439. The summed E-state index contributed by atoms with van der Waals surface area (Å²) in [6, 6.07) is 11.3. The summed E-state index contributed by atoms with van der Waals surface area (Å²) in [6.45, 7) is 21.9. The summed E-state index contributed by atoms with van der Waals surface area (Å²) in [6.07, 6.45) is 8.75. The lowest BCUT2D eigenvalue weighted by Gasteiger charge is -2.30. The van der Waals surface area contributed by atoms with Gasteiger partial charge in [0.05, 0.1) is 11.0 Å². The SMILES string of the molecule is C=Cc1cc(C)cc(-c2c[n+]3c(c(C)n2)-c2cc(C)cc(C)c2C2(C=C)C(C)C32CCC)c1. The molecule has 3 atom stereocenters. The van der Waals surface area contributed by atoms with Gasteiger partial charge in [-0.2, -0.15) is 4.57 Å². The van der Waals surface area contributed by atoms with E-state index in [0.29, 0.717) is 5.92 Å². The molecule has 3 unspecified atom stereocenters. The minimum Gasteiger partial charge on any atom is -0.240 e. The third kappa shape index (κ3) is 2.67. The Labute approximate surface area is 198 Å². The molecule has 2 heterocycles. The van der Waals surface area contributed by atoms with Crippen molar-refractivity contribution in [3.8, 4) is 22.5 Å². The number of aryl methyl sites for hydroxylation is 4. The Bertz CT molecular complexity index is 1330. The number of rotatable bonds is 5. The summed E-state index contributed by atoms with van der Waals surface area (Å²) in [7, 11) is 0. The van der Waals surface area contributed by atoms with Gasteiger partial charge in [-0.1, -0.05) is 50.3 Å². The highest BCUT2D eigenvalue weighted by atomic mass is 15.2. The van der Waals surface area contributed by atoms with Crippen LogP contribution in [0.4, 0.5) is 0 Å². The van der Waals surface area contributed by atoms with Gasteiger partial charge in [-0.15, -0.1) is 6.58 Å². The number of hydrogen-bond donors (Lipinski definition) is 0. The van der Waals surface area contributed by atoms with E-state index in [-0.39, 0.29) is 11.0 Å². The number of hydrogen-bond acceptors (Lipinski definition) is 1. The van der Waals surface area contributed by atoms with Gasteiger partial charge in [0.1, 0.15) is 11.4 Å². The Balaban J connectivity index is 1.88. The van der Waals surface area contributed by atoms with E-state index in [1.807, 2.05) is 6.08 Å². The molecule has 2 aliphatic rings. The van der Waals surface area contributed by atoms with Crippen molar-refractivity contribution >= 4 is 6.08 Å². The van der Waals surface area contributed by atoms with Crippen molar-refractivity contribution in [1.82, 2.24) is 4.98 Å². The number of nitrogens with zero attached hydrogens (tertiary/aromatic N) is 2. The first-order valence-corrected chi connectivity index (χ1v) is 12.2. The van der Waals surface area contributed by atoms with Gasteiger partial charge in [0.25, 0.3) is 0 Å². The molecule has 1 fully saturated rings. The Hall–Kier alpha value is -3.00. The molecule has 0 amide bonds. The van der Waals surface area contributed by atoms with E-state index < -0.39 is 0 Å². The van der Waals surface area contributed by atoms with E-state index >= 15 is 0 Å². The van der Waals surface area contributed by atoms with Crippen LogP contribution in [0, 0.1) is 33.6 Å². The fourth-order valence-corrected chi connectivity index (χ4v) is 7.15. The average molecular weight is 436 g/mol. The number of aromatic nitrogens is 2. The highest BCUT2D eigenvalue weighted by Crippen LogP contribution is 2.71. The molecule has 2 heteroatoms. The van der Waals surface area contributed by atoms with Crippen LogP contribution in [0.3, 0.4) is 0 Å². The molecule has 33 heavy (non-hydrogen) atoms. The summed E-state index contributed by atoms with van der Waals surface area (Å²) in [4.78, 5) is 5.17. The van der Waals surface area contributed by atoms with Crippen LogP contribution in [-0.2, 0) is 11.0 Å². The molecule has 1 aliphatic heterocycles. The van der Waals surface area contributed by atoms with Gasteiger partial charge >= 0.3 is 0 Å². The van der Waals surface area contributed by atoms with E-state index in [2.05, 4.69) is 102 Å². The van der Waals surface area contributed by atoms with Crippen molar-refractivity contribution in [1.29, 1.82) is 0 Å². The third-order valence-electron chi connectivity index (χ3n) is 8.32. The summed E-state index contributed by atoms with van der Waals surface area (Å²) in [5, 5.41) is 0. The van der Waals surface area contributed by atoms with Gasteiger partial charge in [-0.3, -0.25) is 0 Å². The standard InChI is InChI=1S/C31H35N2/c1-9-12-31-23(8)30(31,11-3)28-21(6)13-19(4)16-26(28)29-22(7)32-27(18-33(29)31)25-15-20(5)14-24(10-2)17-25/h10-11,13-18,23H,2-3,9,12H2,1,4-8H3/q+1. The lowest BCUT2D eigenvalue weighted by Crippen LogP contribution is -2.56. The van der Waals surface area contributed by atoms with Gasteiger partial charge in [0.2, 0.25) is 5.69 Å². The summed E-state index contributed by atoms with van der Waals surface area (Å²) in [5.74, 6) is 0.477. The molecule has 2 nitrogen and oxygen atoms in total. The van der Waals surface area contributed by atoms with E-state index in [1.165, 1.54) is 33.5 Å². The molecule has 0 radical (unpaired) electrons. The second-order valence-electron chi connectivity index (χ2n) is 10.2. The van der Waals surface area contributed by atoms with Crippen LogP contribution in [0.2, 0.25) is 0 Å². The maximum Gasteiger partial charge on any atom is 0.234 e. The van der Waals surface area contributed by atoms with Crippen molar-refractivity contribution < 1.29 is 4.57 Å². The fraction of sp³-hybridized carbons (Fsp3) is 0.355. The van der Waals surface area contributed by atoms with E-state index in [4.69, 9.17) is 4.98 Å². The predicted molar refractivity (Wildman–Crippen MR) is 138 cm³/mol. The van der Waals surface area contributed by atoms with Gasteiger partial charge in [0, 0.05) is 17.9 Å². The second kappa shape index (κ2) is 7.25. The van der Waals surface area contributed by atoms with Gasteiger partial charge in [-0.25, -0.2) is 4.98 Å². The van der Waals surface area contributed by atoms with Crippen molar-refractivity contribution in [2.45, 2.75) is 65.3 Å². The van der Waals surface area contributed by atoms with Gasteiger partial charge < -0.3 is 0 Å². The lowest BCUT2D eigenvalue weighted by molar-refractivity contribution is -0.738. The van der Waals surface area contributed by atoms with Crippen molar-refractivity contribution in [3.05, 3.63) is 89.3 Å². The number of fused-ring (bicyclic) bond motifs is 6. The molecule has 0 N–H and O–H groups in total. The smallest absolute Gasteiger partial charge is 0.234 e. The third-order valence-corrected chi connectivity index (χ3v) is 8.32. The Morgan fingerprint density at radius 3 is 2.42 bits per heavy atom. The number of benzene rings is 2. The zero-order chi connectivity index (χ0) is 23.7.